The maximum Gasteiger partial charge on any atom is 0.300 e. The molecule has 1 aliphatic rings. The van der Waals surface area contributed by atoms with E-state index in [1.54, 1.807) is 13.0 Å². The van der Waals surface area contributed by atoms with E-state index < -0.39 is 35.1 Å². The summed E-state index contributed by atoms with van der Waals surface area (Å²) in [7, 11) is 1.34. The van der Waals surface area contributed by atoms with Crippen molar-refractivity contribution < 1.29 is 28.2 Å². The van der Waals surface area contributed by atoms with Gasteiger partial charge >= 0.3 is 0 Å². The van der Waals surface area contributed by atoms with Gasteiger partial charge in [0, 0.05) is 11.3 Å². The molecule has 0 spiro atoms. The van der Waals surface area contributed by atoms with Gasteiger partial charge < -0.3 is 9.84 Å². The Labute approximate surface area is 193 Å². The predicted octanol–water partition coefficient (Wildman–Crippen LogP) is 5.56. The Balaban J connectivity index is 2.04. The number of Topliss-reactive ketones (excluding diaryl/α,β-unsaturated/α-hetero) is 1. The van der Waals surface area contributed by atoms with E-state index in [-0.39, 0.29) is 33.2 Å². The summed E-state index contributed by atoms with van der Waals surface area (Å²) < 4.78 is 34.2. The van der Waals surface area contributed by atoms with Crippen LogP contribution in [0.5, 0.6) is 5.75 Å². The molecule has 33 heavy (non-hydrogen) atoms. The number of amides is 1. The smallest absolute Gasteiger partial charge is 0.300 e. The third-order valence-electron chi connectivity index (χ3n) is 5.38. The second-order valence-corrected chi connectivity index (χ2v) is 7.91. The van der Waals surface area contributed by atoms with Crippen LogP contribution in [0.4, 0.5) is 14.5 Å². The molecule has 1 heterocycles. The minimum absolute atomic E-state index is 0.0404. The van der Waals surface area contributed by atoms with Crippen LogP contribution in [0.3, 0.4) is 0 Å². The summed E-state index contributed by atoms with van der Waals surface area (Å²) in [6.45, 7) is 1.72. The number of ketones is 1. The molecule has 3 aromatic carbocycles. The number of ether oxygens (including phenoxy) is 1. The van der Waals surface area contributed by atoms with Crippen LogP contribution in [0.1, 0.15) is 22.7 Å². The molecule has 0 bridgehead atoms. The highest BCUT2D eigenvalue weighted by Gasteiger charge is 2.48. The fourth-order valence-electron chi connectivity index (χ4n) is 3.97. The van der Waals surface area contributed by atoms with Crippen molar-refractivity contribution in [2.75, 3.05) is 12.0 Å². The molecule has 0 aromatic heterocycles. The number of benzene rings is 3. The molecule has 1 N–H and O–H groups in total. The number of aliphatic hydroxyl groups is 1. The molecular formula is C25H18ClF2NO4. The monoisotopic (exact) mass is 469 g/mol. The van der Waals surface area contributed by atoms with Gasteiger partial charge in [-0.25, -0.2) is 8.78 Å². The van der Waals surface area contributed by atoms with Crippen molar-refractivity contribution in [3.05, 3.63) is 99.6 Å². The van der Waals surface area contributed by atoms with E-state index in [1.165, 1.54) is 55.6 Å². The van der Waals surface area contributed by atoms with Gasteiger partial charge in [-0.1, -0.05) is 35.9 Å². The first-order chi connectivity index (χ1) is 15.7. The summed E-state index contributed by atoms with van der Waals surface area (Å²) in [6.07, 6.45) is 0. The topological polar surface area (TPSA) is 66.8 Å². The van der Waals surface area contributed by atoms with E-state index >= 15 is 0 Å². The molecule has 4 rings (SSSR count). The minimum atomic E-state index is -1.35. The van der Waals surface area contributed by atoms with Crippen molar-refractivity contribution >= 4 is 34.7 Å². The van der Waals surface area contributed by atoms with Crippen molar-refractivity contribution in [1.29, 1.82) is 0 Å². The molecule has 1 aliphatic heterocycles. The molecule has 0 radical (unpaired) electrons. The zero-order chi connectivity index (χ0) is 23.9. The summed E-state index contributed by atoms with van der Waals surface area (Å²) in [4.78, 5) is 27.2. The lowest BCUT2D eigenvalue weighted by Gasteiger charge is -2.26. The molecule has 0 saturated carbocycles. The van der Waals surface area contributed by atoms with Crippen LogP contribution in [0.25, 0.3) is 5.76 Å². The van der Waals surface area contributed by atoms with Crippen LogP contribution in [-0.2, 0) is 9.59 Å². The first-order valence-electron chi connectivity index (χ1n) is 9.90. The van der Waals surface area contributed by atoms with Crippen molar-refractivity contribution in [2.45, 2.75) is 13.0 Å². The van der Waals surface area contributed by atoms with Gasteiger partial charge in [0.05, 0.1) is 29.3 Å². The number of anilines is 1. The SMILES string of the molecule is COc1c(Cl)cc(C)cc1/C(O)=C1\C(=O)C(=O)N(c2cccc(F)c2)C1c1ccccc1F. The number of halogens is 3. The van der Waals surface area contributed by atoms with Crippen molar-refractivity contribution in [3.63, 3.8) is 0 Å². The lowest BCUT2D eigenvalue weighted by Crippen LogP contribution is -2.30. The van der Waals surface area contributed by atoms with Crippen LogP contribution in [0.15, 0.2) is 66.2 Å². The Morgan fingerprint density at radius 2 is 1.79 bits per heavy atom. The quantitative estimate of drug-likeness (QED) is 0.308. The summed E-state index contributed by atoms with van der Waals surface area (Å²) in [5.74, 6) is -3.93. The lowest BCUT2D eigenvalue weighted by atomic mass is 9.94. The fraction of sp³-hybridized carbons (Fsp3) is 0.120. The third-order valence-corrected chi connectivity index (χ3v) is 5.66. The largest absolute Gasteiger partial charge is 0.507 e. The zero-order valence-corrected chi connectivity index (χ0v) is 18.4. The number of rotatable bonds is 4. The van der Waals surface area contributed by atoms with Crippen LogP contribution in [0.2, 0.25) is 5.02 Å². The van der Waals surface area contributed by atoms with E-state index in [0.29, 0.717) is 5.56 Å². The van der Waals surface area contributed by atoms with Gasteiger partial charge in [0.15, 0.2) is 0 Å². The second kappa shape index (κ2) is 8.67. The zero-order valence-electron chi connectivity index (χ0n) is 17.6. The molecule has 1 saturated heterocycles. The minimum Gasteiger partial charge on any atom is -0.507 e. The summed E-state index contributed by atoms with van der Waals surface area (Å²) in [5.41, 5.74) is 0.360. The average Bonchev–Trinajstić information content (AvgIpc) is 3.03. The molecule has 5 nitrogen and oxygen atoms in total. The van der Waals surface area contributed by atoms with Gasteiger partial charge in [0.25, 0.3) is 11.7 Å². The highest BCUT2D eigenvalue weighted by atomic mass is 35.5. The number of hydrogen-bond acceptors (Lipinski definition) is 4. The van der Waals surface area contributed by atoms with Gasteiger partial charge in [-0.3, -0.25) is 14.5 Å². The van der Waals surface area contributed by atoms with E-state index in [1.807, 2.05) is 0 Å². The average molecular weight is 470 g/mol. The lowest BCUT2D eigenvalue weighted by molar-refractivity contribution is -0.132. The molecule has 1 amide bonds. The van der Waals surface area contributed by atoms with Crippen LogP contribution >= 0.6 is 11.6 Å². The van der Waals surface area contributed by atoms with Crippen molar-refractivity contribution in [2.24, 2.45) is 0 Å². The Morgan fingerprint density at radius 3 is 2.45 bits per heavy atom. The fourth-order valence-corrected chi connectivity index (χ4v) is 4.32. The van der Waals surface area contributed by atoms with Crippen LogP contribution in [-0.4, -0.2) is 23.9 Å². The van der Waals surface area contributed by atoms with E-state index in [9.17, 15) is 23.5 Å². The summed E-state index contributed by atoms with van der Waals surface area (Å²) >= 11 is 6.25. The van der Waals surface area contributed by atoms with Gasteiger partial charge in [0.2, 0.25) is 0 Å². The van der Waals surface area contributed by atoms with Crippen molar-refractivity contribution in [1.82, 2.24) is 0 Å². The highest BCUT2D eigenvalue weighted by molar-refractivity contribution is 6.51. The van der Waals surface area contributed by atoms with Gasteiger partial charge in [-0.15, -0.1) is 0 Å². The van der Waals surface area contributed by atoms with Crippen molar-refractivity contribution in [3.8, 4) is 5.75 Å². The molecule has 1 atom stereocenters. The number of aliphatic hydroxyl groups excluding tert-OH is 1. The maximum absolute atomic E-state index is 14.9. The van der Waals surface area contributed by atoms with Gasteiger partial charge in [-0.2, -0.15) is 0 Å². The standard InChI is InChI=1S/C25H18ClF2NO4/c1-13-10-17(24(33-2)18(26)11-13)22(30)20-21(16-8-3-4-9-19(16)28)29(25(32)23(20)31)15-7-5-6-14(27)12-15/h3-12,21,30H,1-2H3/b22-20+. The molecule has 1 fully saturated rings. The Kier molecular flexibility index (Phi) is 5.91. The number of aryl methyl sites for hydroxylation is 1. The molecule has 8 heteroatoms. The number of hydrogen-bond donors (Lipinski definition) is 1. The third kappa shape index (κ3) is 3.85. The molecule has 0 aliphatic carbocycles. The Morgan fingerprint density at radius 1 is 1.06 bits per heavy atom. The number of carbonyl (C=O) groups excluding carboxylic acids is 2. The first kappa shape index (κ1) is 22.5. The number of methoxy groups -OCH3 is 1. The molecule has 168 valence electrons. The molecular weight excluding hydrogens is 452 g/mol. The number of nitrogens with zero attached hydrogens (tertiary/aromatic N) is 1. The van der Waals surface area contributed by atoms with Crippen LogP contribution < -0.4 is 9.64 Å². The second-order valence-electron chi connectivity index (χ2n) is 7.50. The summed E-state index contributed by atoms with van der Waals surface area (Å²) in [6, 6.07) is 12.4. The Hall–Kier alpha value is -3.71. The first-order valence-corrected chi connectivity index (χ1v) is 10.3. The predicted molar refractivity (Wildman–Crippen MR) is 120 cm³/mol. The van der Waals surface area contributed by atoms with E-state index in [2.05, 4.69) is 0 Å². The summed E-state index contributed by atoms with van der Waals surface area (Å²) in [5, 5.41) is 11.4. The normalized spacial score (nSPS) is 17.5. The van der Waals surface area contributed by atoms with E-state index in [0.717, 1.165) is 11.0 Å². The number of carbonyl (C=O) groups is 2. The Bertz CT molecular complexity index is 1320. The maximum atomic E-state index is 14.9. The van der Waals surface area contributed by atoms with Crippen LogP contribution in [0, 0.1) is 18.6 Å². The van der Waals surface area contributed by atoms with Gasteiger partial charge in [0.1, 0.15) is 23.1 Å². The molecule has 1 unspecified atom stereocenters. The van der Waals surface area contributed by atoms with Gasteiger partial charge in [-0.05, 0) is 48.9 Å². The highest BCUT2D eigenvalue weighted by Crippen LogP contribution is 2.45. The molecule has 3 aromatic rings. The van der Waals surface area contributed by atoms with E-state index in [4.69, 9.17) is 16.3 Å².